The molecule has 0 saturated carbocycles. The van der Waals surface area contributed by atoms with Crippen LogP contribution in [0, 0.1) is 25.2 Å². The first-order chi connectivity index (χ1) is 13.7. The second-order valence-corrected chi connectivity index (χ2v) is 7.38. The van der Waals surface area contributed by atoms with Crippen molar-refractivity contribution in [2.45, 2.75) is 39.2 Å². The highest BCUT2D eigenvalue weighted by molar-refractivity contribution is 5.99. The Morgan fingerprint density at radius 1 is 1.24 bits per heavy atom. The van der Waals surface area contributed by atoms with Crippen molar-refractivity contribution in [3.05, 3.63) is 52.8 Å². The molecule has 0 radical (unpaired) electrons. The summed E-state index contributed by atoms with van der Waals surface area (Å²) in [5, 5.41) is 17.8. The van der Waals surface area contributed by atoms with Gasteiger partial charge in [0.25, 0.3) is 0 Å². The molecule has 1 unspecified atom stereocenters. The van der Waals surface area contributed by atoms with Gasteiger partial charge in [-0.05, 0) is 70.6 Å². The second-order valence-electron chi connectivity index (χ2n) is 7.38. The summed E-state index contributed by atoms with van der Waals surface area (Å²) in [6.07, 6.45) is 1.93. The quantitative estimate of drug-likeness (QED) is 0.472. The molecule has 1 atom stereocenters. The normalized spacial score (nSPS) is 12.0. The van der Waals surface area contributed by atoms with E-state index in [1.807, 2.05) is 48.6 Å². The molecule has 7 nitrogen and oxygen atoms in total. The predicted octanol–water partition coefficient (Wildman–Crippen LogP) is 2.66. The molecule has 0 fully saturated rings. The smallest absolute Gasteiger partial charge is 0.320 e. The molecule has 1 heterocycles. The van der Waals surface area contributed by atoms with E-state index in [0.717, 1.165) is 23.5 Å². The van der Waals surface area contributed by atoms with Gasteiger partial charge in [-0.2, -0.15) is 5.26 Å². The van der Waals surface area contributed by atoms with Gasteiger partial charge < -0.3 is 15.4 Å². The fourth-order valence-electron chi connectivity index (χ4n) is 3.41. The number of rotatable bonds is 10. The number of aryl methyl sites for hydroxylation is 1. The van der Waals surface area contributed by atoms with E-state index in [0.29, 0.717) is 37.1 Å². The topological polar surface area (TPSA) is 112 Å². The Balaban J connectivity index is 1.99. The zero-order valence-electron chi connectivity index (χ0n) is 17.2. The summed E-state index contributed by atoms with van der Waals surface area (Å²) in [5.74, 6) is -0.936. The van der Waals surface area contributed by atoms with Crippen molar-refractivity contribution in [1.82, 2.24) is 9.47 Å². The Bertz CT molecular complexity index is 909. The fraction of sp³-hybridized carbons (Fsp3) is 0.409. The van der Waals surface area contributed by atoms with E-state index in [4.69, 9.17) is 16.1 Å². The number of ketones is 1. The Hall–Kier alpha value is -2.95. The van der Waals surface area contributed by atoms with Crippen LogP contribution in [0.5, 0.6) is 0 Å². The van der Waals surface area contributed by atoms with Crippen molar-refractivity contribution < 1.29 is 14.7 Å². The maximum atomic E-state index is 12.8. The summed E-state index contributed by atoms with van der Waals surface area (Å²) < 4.78 is 2.02. The number of carboxylic acids is 1. The van der Waals surface area contributed by atoms with Crippen molar-refractivity contribution in [3.63, 3.8) is 0 Å². The van der Waals surface area contributed by atoms with Gasteiger partial charge in [-0.1, -0.05) is 6.42 Å². The van der Waals surface area contributed by atoms with Gasteiger partial charge in [0.1, 0.15) is 6.04 Å². The summed E-state index contributed by atoms with van der Waals surface area (Å²) in [6.45, 7) is 4.87. The standard InChI is InChI=1S/C22H28N4O3/c1-15-12-19(16(2)26(15)18-9-7-17(13-23)8-10-18)21(27)14-25(3)11-5-4-6-20(24)22(28)29/h7-10,12,20H,4-6,11,14,24H2,1-3H3,(H,28,29). The van der Waals surface area contributed by atoms with E-state index in [-0.39, 0.29) is 5.78 Å². The number of carboxylic acid groups (broad SMARTS) is 1. The van der Waals surface area contributed by atoms with Crippen LogP contribution < -0.4 is 5.73 Å². The predicted molar refractivity (Wildman–Crippen MR) is 111 cm³/mol. The molecule has 0 aliphatic heterocycles. The molecule has 0 aliphatic rings. The van der Waals surface area contributed by atoms with Gasteiger partial charge in [-0.15, -0.1) is 0 Å². The average Bonchev–Trinajstić information content (AvgIpc) is 2.99. The van der Waals surface area contributed by atoms with Crippen LogP contribution in [0.4, 0.5) is 0 Å². The number of nitrogens with zero attached hydrogens (tertiary/aromatic N) is 3. The van der Waals surface area contributed by atoms with Gasteiger partial charge in [0.15, 0.2) is 5.78 Å². The van der Waals surface area contributed by atoms with Gasteiger partial charge in [0.2, 0.25) is 0 Å². The summed E-state index contributed by atoms with van der Waals surface area (Å²) in [5.41, 5.74) is 9.53. The first-order valence-corrected chi connectivity index (χ1v) is 9.64. The lowest BCUT2D eigenvalue weighted by Crippen LogP contribution is -2.30. The molecular weight excluding hydrogens is 368 g/mol. The first-order valence-electron chi connectivity index (χ1n) is 9.64. The van der Waals surface area contributed by atoms with Crippen molar-refractivity contribution in [2.24, 2.45) is 5.73 Å². The van der Waals surface area contributed by atoms with Crippen molar-refractivity contribution in [2.75, 3.05) is 20.1 Å². The molecule has 154 valence electrons. The van der Waals surface area contributed by atoms with E-state index < -0.39 is 12.0 Å². The molecule has 1 aromatic carbocycles. The number of carbonyl (C=O) groups excluding carboxylic acids is 1. The van der Waals surface area contributed by atoms with Crippen LogP contribution in [0.3, 0.4) is 0 Å². The van der Waals surface area contributed by atoms with Crippen molar-refractivity contribution in [3.8, 4) is 11.8 Å². The van der Waals surface area contributed by atoms with Crippen LogP contribution in [0.2, 0.25) is 0 Å². The fourth-order valence-corrected chi connectivity index (χ4v) is 3.41. The molecule has 0 aliphatic carbocycles. The highest BCUT2D eigenvalue weighted by Gasteiger charge is 2.18. The van der Waals surface area contributed by atoms with E-state index in [2.05, 4.69) is 6.07 Å². The Kier molecular flexibility index (Phi) is 7.71. The number of likely N-dealkylation sites (N-methyl/N-ethyl adjacent to an activating group) is 1. The zero-order valence-corrected chi connectivity index (χ0v) is 17.2. The molecule has 0 bridgehead atoms. The van der Waals surface area contributed by atoms with E-state index in [9.17, 15) is 9.59 Å². The lowest BCUT2D eigenvalue weighted by molar-refractivity contribution is -0.138. The largest absolute Gasteiger partial charge is 0.480 e. The minimum Gasteiger partial charge on any atom is -0.480 e. The summed E-state index contributed by atoms with van der Waals surface area (Å²) in [4.78, 5) is 25.5. The van der Waals surface area contributed by atoms with Gasteiger partial charge in [-0.3, -0.25) is 14.5 Å². The number of carbonyl (C=O) groups is 2. The molecule has 0 saturated heterocycles. The molecule has 7 heteroatoms. The SMILES string of the molecule is Cc1cc(C(=O)CN(C)CCCCC(N)C(=O)O)c(C)n1-c1ccc(C#N)cc1. The Morgan fingerprint density at radius 2 is 1.90 bits per heavy atom. The lowest BCUT2D eigenvalue weighted by Gasteiger charge is -2.16. The molecule has 3 N–H and O–H groups in total. The lowest BCUT2D eigenvalue weighted by atomic mass is 10.1. The van der Waals surface area contributed by atoms with E-state index in [1.54, 1.807) is 12.1 Å². The summed E-state index contributed by atoms with van der Waals surface area (Å²) >= 11 is 0. The van der Waals surface area contributed by atoms with Crippen LogP contribution in [0.25, 0.3) is 5.69 Å². The minimum atomic E-state index is -0.980. The third-order valence-electron chi connectivity index (χ3n) is 5.02. The number of aromatic nitrogens is 1. The van der Waals surface area contributed by atoms with Gasteiger partial charge in [-0.25, -0.2) is 0 Å². The number of hydrogen-bond acceptors (Lipinski definition) is 5. The maximum Gasteiger partial charge on any atom is 0.320 e. The summed E-state index contributed by atoms with van der Waals surface area (Å²) in [7, 11) is 1.88. The zero-order chi connectivity index (χ0) is 21.6. The van der Waals surface area contributed by atoms with Crippen LogP contribution in [-0.4, -0.2) is 52.5 Å². The summed E-state index contributed by atoms with van der Waals surface area (Å²) in [6, 6.07) is 10.5. The van der Waals surface area contributed by atoms with Crippen LogP contribution in [0.1, 0.15) is 46.6 Å². The molecular formula is C22H28N4O3. The third kappa shape index (κ3) is 5.76. The Morgan fingerprint density at radius 3 is 2.48 bits per heavy atom. The molecule has 1 aromatic heterocycles. The van der Waals surface area contributed by atoms with Crippen LogP contribution in [0.15, 0.2) is 30.3 Å². The molecule has 29 heavy (non-hydrogen) atoms. The molecule has 2 rings (SSSR count). The number of aliphatic carboxylic acids is 1. The number of hydrogen-bond donors (Lipinski definition) is 2. The number of benzene rings is 1. The van der Waals surface area contributed by atoms with Crippen LogP contribution >= 0.6 is 0 Å². The second kappa shape index (κ2) is 10.0. The number of unbranched alkanes of at least 4 members (excludes halogenated alkanes) is 1. The average molecular weight is 396 g/mol. The first kappa shape index (κ1) is 22.3. The van der Waals surface area contributed by atoms with Crippen LogP contribution in [-0.2, 0) is 4.79 Å². The molecule has 2 aromatic rings. The van der Waals surface area contributed by atoms with E-state index >= 15 is 0 Å². The van der Waals surface area contributed by atoms with Crippen molar-refractivity contribution >= 4 is 11.8 Å². The maximum absolute atomic E-state index is 12.8. The number of nitriles is 1. The van der Waals surface area contributed by atoms with Gasteiger partial charge in [0.05, 0.1) is 18.2 Å². The van der Waals surface area contributed by atoms with Gasteiger partial charge in [0, 0.05) is 22.6 Å². The Labute approximate surface area is 171 Å². The van der Waals surface area contributed by atoms with Crippen molar-refractivity contribution in [1.29, 1.82) is 5.26 Å². The van der Waals surface area contributed by atoms with E-state index in [1.165, 1.54) is 0 Å². The van der Waals surface area contributed by atoms with Gasteiger partial charge >= 0.3 is 5.97 Å². The monoisotopic (exact) mass is 396 g/mol. The number of Topliss-reactive ketones (excluding diaryl/α,β-unsaturated/α-hetero) is 1. The highest BCUT2D eigenvalue weighted by Crippen LogP contribution is 2.22. The molecule has 0 spiro atoms. The minimum absolute atomic E-state index is 0.0442. The molecule has 0 amide bonds. The number of nitrogens with two attached hydrogens (primary N) is 1. The highest BCUT2D eigenvalue weighted by atomic mass is 16.4. The third-order valence-corrected chi connectivity index (χ3v) is 5.02.